The quantitative estimate of drug-likeness (QED) is 0.127. The summed E-state index contributed by atoms with van der Waals surface area (Å²) in [4.78, 5) is 56.0. The van der Waals surface area contributed by atoms with Crippen molar-refractivity contribution in [2.24, 2.45) is 5.92 Å². The summed E-state index contributed by atoms with van der Waals surface area (Å²) in [6.45, 7) is 16.7. The summed E-state index contributed by atoms with van der Waals surface area (Å²) < 4.78 is 82.3. The van der Waals surface area contributed by atoms with E-state index in [1.807, 2.05) is 13.8 Å². The first-order valence-electron chi connectivity index (χ1n) is 17.8. The maximum atomic E-state index is 17.2. The minimum Gasteiger partial charge on any atom is -0.487 e. The first kappa shape index (κ1) is 43.8. The Bertz CT molecular complexity index is 1660. The number of hydrogen-bond donors (Lipinski definition) is 0. The molecule has 1 heterocycles. The van der Waals surface area contributed by atoms with Gasteiger partial charge in [-0.25, -0.2) is 14.0 Å². The number of nitrogens with zero attached hydrogens (tertiary/aromatic N) is 3. The van der Waals surface area contributed by atoms with Crippen molar-refractivity contribution >= 4 is 35.4 Å². The van der Waals surface area contributed by atoms with Crippen LogP contribution in [-0.4, -0.2) is 77.6 Å². The second-order valence-corrected chi connectivity index (χ2v) is 16.4. The van der Waals surface area contributed by atoms with Gasteiger partial charge in [0.05, 0.1) is 11.7 Å². The molecule has 2 atom stereocenters. The van der Waals surface area contributed by atoms with Crippen LogP contribution in [0.1, 0.15) is 93.7 Å². The molecule has 0 spiro atoms. The number of amides is 3. The zero-order valence-corrected chi connectivity index (χ0v) is 33.0. The van der Waals surface area contributed by atoms with Gasteiger partial charge in [0, 0.05) is 31.1 Å². The summed E-state index contributed by atoms with van der Waals surface area (Å²) in [6, 6.07) is 8.58. The van der Waals surface area contributed by atoms with E-state index in [2.05, 4.69) is 0 Å². The number of halogens is 4. The minimum atomic E-state index is -5.54. The second-order valence-electron chi connectivity index (χ2n) is 16.4. The van der Waals surface area contributed by atoms with Gasteiger partial charge in [0.25, 0.3) is 0 Å². The molecule has 11 nitrogen and oxygen atoms in total. The van der Waals surface area contributed by atoms with E-state index >= 15 is 4.39 Å². The molecule has 3 amide bonds. The van der Waals surface area contributed by atoms with Crippen molar-refractivity contribution in [1.82, 2.24) is 4.90 Å². The van der Waals surface area contributed by atoms with E-state index in [1.54, 1.807) is 71.9 Å². The molecule has 300 valence electrons. The molecule has 2 aromatic carbocycles. The third-order valence-electron chi connectivity index (χ3n) is 7.95. The van der Waals surface area contributed by atoms with Gasteiger partial charge in [0.15, 0.2) is 5.82 Å². The van der Waals surface area contributed by atoms with Crippen molar-refractivity contribution < 1.29 is 55.7 Å². The van der Waals surface area contributed by atoms with E-state index < -0.39 is 76.9 Å². The van der Waals surface area contributed by atoms with E-state index in [0.717, 1.165) is 11.0 Å². The van der Waals surface area contributed by atoms with Crippen LogP contribution >= 0.6 is 0 Å². The maximum Gasteiger partial charge on any atom is 0.471 e. The molecule has 0 radical (unpaired) electrons. The van der Waals surface area contributed by atoms with Gasteiger partial charge in [0.1, 0.15) is 41.4 Å². The van der Waals surface area contributed by atoms with Crippen LogP contribution in [0.4, 0.5) is 38.5 Å². The van der Waals surface area contributed by atoms with Crippen LogP contribution in [0.2, 0.25) is 0 Å². The van der Waals surface area contributed by atoms with E-state index in [-0.39, 0.29) is 48.2 Å². The summed E-state index contributed by atoms with van der Waals surface area (Å²) >= 11 is 0. The normalized spacial score (nSPS) is 15.2. The predicted octanol–water partition coefficient (Wildman–Crippen LogP) is 8.59. The van der Waals surface area contributed by atoms with Crippen molar-refractivity contribution in [3.63, 3.8) is 0 Å². The Morgan fingerprint density at radius 2 is 1.46 bits per heavy atom. The number of ether oxygens (including phenoxy) is 4. The molecule has 0 aromatic heterocycles. The summed E-state index contributed by atoms with van der Waals surface area (Å²) in [6.07, 6.45) is -6.76. The second kappa shape index (κ2) is 16.8. The summed E-state index contributed by atoms with van der Waals surface area (Å²) in [5.41, 5.74) is -3.84. The van der Waals surface area contributed by atoms with E-state index in [4.69, 9.17) is 18.9 Å². The summed E-state index contributed by atoms with van der Waals surface area (Å²) in [5, 5.41) is 0. The van der Waals surface area contributed by atoms with Crippen molar-refractivity contribution in [3.05, 3.63) is 53.3 Å². The zero-order valence-electron chi connectivity index (χ0n) is 33.0. The number of alkyl halides is 3. The molecule has 0 aliphatic carbocycles. The topological polar surface area (TPSA) is 115 Å². The summed E-state index contributed by atoms with van der Waals surface area (Å²) in [7, 11) is 0. The Morgan fingerprint density at radius 1 is 0.889 bits per heavy atom. The molecule has 0 saturated carbocycles. The van der Waals surface area contributed by atoms with E-state index in [0.29, 0.717) is 12.0 Å². The van der Waals surface area contributed by atoms with Crippen LogP contribution in [0.25, 0.3) is 0 Å². The lowest BCUT2D eigenvalue weighted by atomic mass is 10.0. The van der Waals surface area contributed by atoms with Gasteiger partial charge < -0.3 is 23.8 Å². The van der Waals surface area contributed by atoms with Crippen LogP contribution < -0.4 is 14.5 Å². The predicted molar refractivity (Wildman–Crippen MR) is 195 cm³/mol. The molecule has 1 unspecified atom stereocenters. The summed E-state index contributed by atoms with van der Waals surface area (Å²) in [5.74, 6) is -5.68. The average Bonchev–Trinajstić information content (AvgIpc) is 3.38. The molecule has 2 aromatic rings. The Hall–Kier alpha value is -4.56. The zero-order chi connectivity index (χ0) is 41.0. The van der Waals surface area contributed by atoms with Crippen LogP contribution in [0.3, 0.4) is 0 Å². The van der Waals surface area contributed by atoms with Crippen LogP contribution in [0, 0.1) is 11.7 Å². The SMILES string of the molecule is CCC(C)CN(C[C@H]1Cc2c(cc(OCc3ccccc3)c(N(CC(=O)OC(C)(C)C)C(=O)C(F)(F)F)c2F)N1C(=O)OC(C)(C)C)C(=O)OC(C)(C)C. The third kappa shape index (κ3) is 12.2. The number of carbonyl (C=O) groups is 4. The van der Waals surface area contributed by atoms with Gasteiger partial charge in [-0.1, -0.05) is 50.6 Å². The van der Waals surface area contributed by atoms with Crippen molar-refractivity contribution in [1.29, 1.82) is 0 Å². The molecule has 15 heteroatoms. The molecule has 1 aliphatic heterocycles. The van der Waals surface area contributed by atoms with E-state index in [9.17, 15) is 32.3 Å². The molecule has 0 fully saturated rings. The Kier molecular flexibility index (Phi) is 13.7. The van der Waals surface area contributed by atoms with Crippen molar-refractivity contribution in [2.45, 2.75) is 125 Å². The van der Waals surface area contributed by atoms with Gasteiger partial charge in [-0.3, -0.25) is 19.4 Å². The molecule has 54 heavy (non-hydrogen) atoms. The fraction of sp³-hybridized carbons (Fsp3) is 0.590. The molecule has 0 saturated heterocycles. The lowest BCUT2D eigenvalue weighted by molar-refractivity contribution is -0.171. The smallest absolute Gasteiger partial charge is 0.471 e. The third-order valence-corrected chi connectivity index (χ3v) is 7.95. The van der Waals surface area contributed by atoms with Crippen molar-refractivity contribution in [2.75, 3.05) is 29.4 Å². The first-order chi connectivity index (χ1) is 24.7. The highest BCUT2D eigenvalue weighted by Gasteiger charge is 2.48. The fourth-order valence-electron chi connectivity index (χ4n) is 5.60. The highest BCUT2D eigenvalue weighted by atomic mass is 19.4. The van der Waals surface area contributed by atoms with Gasteiger partial charge in [0.2, 0.25) is 0 Å². The van der Waals surface area contributed by atoms with Gasteiger partial charge >= 0.3 is 30.2 Å². The average molecular weight is 768 g/mol. The van der Waals surface area contributed by atoms with E-state index in [1.165, 1.54) is 25.7 Å². The first-order valence-corrected chi connectivity index (χ1v) is 17.8. The van der Waals surface area contributed by atoms with Gasteiger partial charge in [-0.05, 0) is 73.8 Å². The van der Waals surface area contributed by atoms with Crippen molar-refractivity contribution in [3.8, 4) is 5.75 Å². The molecule has 0 N–H and O–H groups in total. The van der Waals surface area contributed by atoms with Crippen LogP contribution in [-0.2, 0) is 36.8 Å². The van der Waals surface area contributed by atoms with Crippen LogP contribution in [0.15, 0.2) is 36.4 Å². The van der Waals surface area contributed by atoms with Gasteiger partial charge in [-0.15, -0.1) is 0 Å². The monoisotopic (exact) mass is 767 g/mol. The number of fused-ring (bicyclic) bond motifs is 1. The Balaban J connectivity index is 2.30. The molecule has 3 rings (SSSR count). The number of esters is 1. The number of carbonyl (C=O) groups excluding carboxylic acids is 4. The highest BCUT2D eigenvalue weighted by molar-refractivity contribution is 6.03. The largest absolute Gasteiger partial charge is 0.487 e. The lowest BCUT2D eigenvalue weighted by Gasteiger charge is -2.34. The number of rotatable bonds is 11. The minimum absolute atomic E-state index is 0.00704. The van der Waals surface area contributed by atoms with Gasteiger partial charge in [-0.2, -0.15) is 13.2 Å². The van der Waals surface area contributed by atoms with Crippen LogP contribution in [0.5, 0.6) is 5.75 Å². The standard InChI is InChI=1S/C39H53F4N3O8/c1-12-24(2)20-44(34(49)53-37(6,7)8)21-26-18-27-28(46(26)35(50)54-38(9,10)11)19-29(51-23-25-16-14-13-15-17-25)32(31(27)40)45(33(48)39(41,42)43)22-30(47)52-36(3,4)5/h13-17,19,24,26H,12,18,20-23H2,1-11H3/t24?,26-/m1/s1. The Morgan fingerprint density at radius 3 is 1.98 bits per heavy atom. The maximum absolute atomic E-state index is 17.2. The Labute approximate surface area is 314 Å². The highest BCUT2D eigenvalue weighted by Crippen LogP contribution is 2.46. The number of hydrogen-bond acceptors (Lipinski definition) is 8. The number of benzene rings is 2. The molecular weight excluding hydrogens is 714 g/mol. The fourth-order valence-corrected chi connectivity index (χ4v) is 5.60. The molecule has 1 aliphatic rings. The molecular formula is C39H53F4N3O8. The lowest BCUT2D eigenvalue weighted by Crippen LogP contribution is -2.50. The number of anilines is 2. The molecule has 0 bridgehead atoms.